The number of carbonyl (C=O) groups is 1. The molecule has 2 aliphatic heterocycles. The predicted octanol–water partition coefficient (Wildman–Crippen LogP) is 4.62. The zero-order chi connectivity index (χ0) is 25.1. The van der Waals surface area contributed by atoms with Gasteiger partial charge < -0.3 is 19.5 Å². The molecular formula is C24H25F4N5O2. The lowest BCUT2D eigenvalue weighted by Crippen LogP contribution is -2.52. The van der Waals surface area contributed by atoms with Crippen LogP contribution in [0.4, 0.5) is 23.4 Å². The number of hydrogen-bond acceptors (Lipinski definition) is 5. The van der Waals surface area contributed by atoms with Crippen LogP contribution in [0.3, 0.4) is 0 Å². The maximum atomic E-state index is 14.7. The van der Waals surface area contributed by atoms with E-state index in [2.05, 4.69) is 19.9 Å². The highest BCUT2D eigenvalue weighted by Crippen LogP contribution is 2.40. The van der Waals surface area contributed by atoms with Crippen molar-refractivity contribution in [2.24, 2.45) is 5.92 Å². The first-order valence-electron chi connectivity index (χ1n) is 11.4. The largest absolute Gasteiger partial charge is 0.419 e. The highest BCUT2D eigenvalue weighted by molar-refractivity contribution is 5.89. The third-order valence-electron chi connectivity index (χ3n) is 6.74. The fourth-order valence-corrected chi connectivity index (χ4v) is 4.92. The molecular weight excluding hydrogens is 466 g/mol. The van der Waals surface area contributed by atoms with Crippen LogP contribution in [0.2, 0.25) is 0 Å². The molecule has 5 rings (SSSR count). The molecule has 2 aromatic heterocycles. The number of ether oxygens (including phenoxy) is 1. The summed E-state index contributed by atoms with van der Waals surface area (Å²) in [6.07, 6.45) is -4.99. The minimum atomic E-state index is -4.78. The zero-order valence-electron chi connectivity index (χ0n) is 19.5. The van der Waals surface area contributed by atoms with Crippen molar-refractivity contribution in [3.8, 4) is 0 Å². The van der Waals surface area contributed by atoms with Crippen molar-refractivity contribution in [1.29, 1.82) is 0 Å². The molecule has 0 bridgehead atoms. The topological polar surface area (TPSA) is 72.3 Å². The van der Waals surface area contributed by atoms with E-state index in [1.807, 2.05) is 6.07 Å². The highest BCUT2D eigenvalue weighted by Gasteiger charge is 2.40. The zero-order valence-corrected chi connectivity index (χ0v) is 19.5. The molecule has 0 radical (unpaired) electrons. The molecule has 186 valence electrons. The number of likely N-dealkylation sites (tertiary alicyclic amines) is 1. The van der Waals surface area contributed by atoms with Crippen LogP contribution in [0.1, 0.15) is 48.6 Å². The lowest BCUT2D eigenvalue weighted by molar-refractivity contribution is -0.141. The Hall–Kier alpha value is -3.21. The summed E-state index contributed by atoms with van der Waals surface area (Å²) in [5, 5.41) is 3.78. The fourth-order valence-electron chi connectivity index (χ4n) is 4.92. The molecule has 1 N–H and O–H groups in total. The van der Waals surface area contributed by atoms with Gasteiger partial charge in [0.15, 0.2) is 0 Å². The number of hydrogen-bond donors (Lipinski definition) is 1. The van der Waals surface area contributed by atoms with Crippen molar-refractivity contribution < 1.29 is 27.1 Å². The van der Waals surface area contributed by atoms with Gasteiger partial charge in [-0.3, -0.25) is 4.79 Å². The van der Waals surface area contributed by atoms with E-state index in [-0.39, 0.29) is 23.5 Å². The van der Waals surface area contributed by atoms with Crippen LogP contribution in [0, 0.1) is 18.7 Å². The number of aryl methyl sites for hydroxylation is 1. The SMILES string of the molecule is CC(=O)N1CC(C2OCCn3c2cc2c(N[C@H](C)c4cccc(C(F)(F)F)c4F)nc(C)nc23)C1. The van der Waals surface area contributed by atoms with E-state index >= 15 is 0 Å². The number of aromatic nitrogens is 3. The van der Waals surface area contributed by atoms with E-state index in [0.29, 0.717) is 48.9 Å². The minimum Gasteiger partial charge on any atom is -0.370 e. The average molecular weight is 491 g/mol. The van der Waals surface area contributed by atoms with Gasteiger partial charge in [0.1, 0.15) is 29.2 Å². The van der Waals surface area contributed by atoms with Gasteiger partial charge in [-0.1, -0.05) is 12.1 Å². The van der Waals surface area contributed by atoms with Gasteiger partial charge in [-0.2, -0.15) is 13.2 Å². The first-order valence-corrected chi connectivity index (χ1v) is 11.4. The Morgan fingerprint density at radius 1 is 1.26 bits per heavy atom. The standard InChI is InChI=1S/C24H25F4N5O2/c1-12(16-5-4-6-18(20(16)25)24(26,27)28)29-22-17-9-19-21(15-10-32(11-15)14(3)34)35-8-7-33(19)23(17)31-13(2)30-22/h4-6,9,12,15,21H,7-8,10-11H2,1-3H3,(H,29,30,31)/t12-,21?/m1/s1. The molecule has 0 saturated carbocycles. The van der Waals surface area contributed by atoms with E-state index in [4.69, 9.17) is 4.74 Å². The molecule has 1 aromatic carbocycles. The number of alkyl halides is 3. The van der Waals surface area contributed by atoms with Gasteiger partial charge in [0.25, 0.3) is 0 Å². The van der Waals surface area contributed by atoms with Crippen LogP contribution in [0.5, 0.6) is 0 Å². The second kappa shape index (κ2) is 8.47. The van der Waals surface area contributed by atoms with Crippen molar-refractivity contribution in [2.45, 2.75) is 45.6 Å². The normalized spacial score (nSPS) is 19.4. The van der Waals surface area contributed by atoms with E-state index in [1.165, 1.54) is 12.1 Å². The number of fused-ring (bicyclic) bond motifs is 3. The van der Waals surface area contributed by atoms with Gasteiger partial charge in [-0.25, -0.2) is 14.4 Å². The van der Waals surface area contributed by atoms with E-state index in [1.54, 1.807) is 25.7 Å². The number of rotatable bonds is 4. The molecule has 1 fully saturated rings. The third kappa shape index (κ3) is 4.11. The number of halogens is 4. The molecule has 0 aliphatic carbocycles. The average Bonchev–Trinajstić information content (AvgIpc) is 3.11. The van der Waals surface area contributed by atoms with Crippen LogP contribution in [0.25, 0.3) is 11.0 Å². The molecule has 1 saturated heterocycles. The Morgan fingerprint density at radius 2 is 2.00 bits per heavy atom. The van der Waals surface area contributed by atoms with E-state index in [9.17, 15) is 22.4 Å². The smallest absolute Gasteiger partial charge is 0.370 e. The van der Waals surface area contributed by atoms with Gasteiger partial charge in [0.2, 0.25) is 5.91 Å². The molecule has 11 heteroatoms. The van der Waals surface area contributed by atoms with Crippen molar-refractivity contribution in [1.82, 2.24) is 19.4 Å². The summed E-state index contributed by atoms with van der Waals surface area (Å²) in [6.45, 7) is 7.18. The Kier molecular flexibility index (Phi) is 5.70. The summed E-state index contributed by atoms with van der Waals surface area (Å²) in [6, 6.07) is 4.40. The lowest BCUT2D eigenvalue weighted by Gasteiger charge is -2.44. The summed E-state index contributed by atoms with van der Waals surface area (Å²) in [7, 11) is 0. The Balaban J connectivity index is 1.49. The van der Waals surface area contributed by atoms with E-state index < -0.39 is 23.6 Å². The number of anilines is 1. The summed E-state index contributed by atoms with van der Waals surface area (Å²) in [4.78, 5) is 22.4. The molecule has 1 unspecified atom stereocenters. The van der Waals surface area contributed by atoms with Gasteiger partial charge in [-0.05, 0) is 26.0 Å². The van der Waals surface area contributed by atoms with Crippen LogP contribution < -0.4 is 5.32 Å². The van der Waals surface area contributed by atoms with Gasteiger partial charge in [-0.15, -0.1) is 0 Å². The number of nitrogens with zero attached hydrogens (tertiary/aromatic N) is 4. The maximum Gasteiger partial charge on any atom is 0.419 e. The predicted molar refractivity (Wildman–Crippen MR) is 120 cm³/mol. The summed E-state index contributed by atoms with van der Waals surface area (Å²) in [5.74, 6) is -0.220. The third-order valence-corrected chi connectivity index (χ3v) is 6.74. The molecule has 2 atom stereocenters. The highest BCUT2D eigenvalue weighted by atomic mass is 19.4. The molecule has 4 heterocycles. The number of amides is 1. The monoisotopic (exact) mass is 491 g/mol. The molecule has 7 nitrogen and oxygen atoms in total. The fraction of sp³-hybridized carbons (Fsp3) is 0.458. The molecule has 3 aromatic rings. The lowest BCUT2D eigenvalue weighted by atomic mass is 9.91. The quantitative estimate of drug-likeness (QED) is 0.540. The van der Waals surface area contributed by atoms with Crippen molar-refractivity contribution >= 4 is 22.8 Å². The van der Waals surface area contributed by atoms with Crippen LogP contribution in [-0.4, -0.2) is 45.0 Å². The number of nitrogens with one attached hydrogen (secondary N) is 1. The molecule has 1 amide bonds. The van der Waals surface area contributed by atoms with Gasteiger partial charge in [0, 0.05) is 43.7 Å². The first-order chi connectivity index (χ1) is 16.5. The Morgan fingerprint density at radius 3 is 2.69 bits per heavy atom. The maximum absolute atomic E-state index is 14.7. The van der Waals surface area contributed by atoms with Gasteiger partial charge >= 0.3 is 6.18 Å². The molecule has 35 heavy (non-hydrogen) atoms. The number of carbonyl (C=O) groups excluding carboxylic acids is 1. The summed E-state index contributed by atoms with van der Waals surface area (Å²) in [5.41, 5.74) is 0.198. The second-order valence-corrected chi connectivity index (χ2v) is 9.13. The van der Waals surface area contributed by atoms with Gasteiger partial charge in [0.05, 0.1) is 23.6 Å². The second-order valence-electron chi connectivity index (χ2n) is 9.13. The Bertz CT molecular complexity index is 1300. The van der Waals surface area contributed by atoms with Crippen LogP contribution in [-0.2, 0) is 22.3 Å². The van der Waals surface area contributed by atoms with Crippen LogP contribution in [0.15, 0.2) is 24.3 Å². The number of benzene rings is 1. The Labute approximate surface area is 199 Å². The first kappa shape index (κ1) is 23.5. The molecule has 2 aliphatic rings. The summed E-state index contributed by atoms with van der Waals surface area (Å²) < 4.78 is 62.5. The molecule has 0 spiro atoms. The summed E-state index contributed by atoms with van der Waals surface area (Å²) >= 11 is 0. The minimum absolute atomic E-state index is 0.0291. The van der Waals surface area contributed by atoms with Crippen molar-refractivity contribution in [3.05, 3.63) is 52.7 Å². The van der Waals surface area contributed by atoms with E-state index in [0.717, 1.165) is 11.8 Å². The van der Waals surface area contributed by atoms with Crippen molar-refractivity contribution in [3.63, 3.8) is 0 Å². The van der Waals surface area contributed by atoms with Crippen molar-refractivity contribution in [2.75, 3.05) is 25.0 Å². The van der Waals surface area contributed by atoms with Crippen LogP contribution >= 0.6 is 0 Å².